The van der Waals surface area contributed by atoms with E-state index < -0.39 is 0 Å². The van der Waals surface area contributed by atoms with E-state index in [2.05, 4.69) is 29.2 Å². The summed E-state index contributed by atoms with van der Waals surface area (Å²) in [4.78, 5) is 8.88. The quantitative estimate of drug-likeness (QED) is 0.790. The molecule has 2 nitrogen and oxygen atoms in total. The zero-order chi connectivity index (χ0) is 10.7. The van der Waals surface area contributed by atoms with Crippen LogP contribution in [0.1, 0.15) is 36.2 Å². The summed E-state index contributed by atoms with van der Waals surface area (Å²) in [5.41, 5.74) is 2.27. The zero-order valence-corrected chi connectivity index (χ0v) is 9.79. The van der Waals surface area contributed by atoms with Gasteiger partial charge in [0, 0.05) is 23.7 Å². The molecule has 0 saturated carbocycles. The smallest absolute Gasteiger partial charge is 0.0988 e. The van der Waals surface area contributed by atoms with Gasteiger partial charge in [0.05, 0.1) is 10.7 Å². The highest BCUT2D eigenvalue weighted by atomic mass is 32.1. The molecule has 0 radical (unpaired) electrons. The fourth-order valence-corrected chi connectivity index (χ4v) is 2.30. The molecule has 0 unspecified atom stereocenters. The number of thiazole rings is 1. The van der Waals surface area contributed by atoms with Crippen LogP contribution in [0.5, 0.6) is 0 Å². The third-order valence-corrected chi connectivity index (χ3v) is 3.09. The highest BCUT2D eigenvalue weighted by Gasteiger charge is 2.06. The second-order valence-electron chi connectivity index (χ2n) is 3.82. The van der Waals surface area contributed by atoms with E-state index in [0.29, 0.717) is 5.92 Å². The third-order valence-electron chi connectivity index (χ3n) is 2.22. The van der Waals surface area contributed by atoms with E-state index in [4.69, 9.17) is 0 Å². The lowest BCUT2D eigenvalue weighted by Gasteiger charge is -1.97. The van der Waals surface area contributed by atoms with Gasteiger partial charge in [0.2, 0.25) is 0 Å². The lowest BCUT2D eigenvalue weighted by molar-refractivity contribution is 0.824. The van der Waals surface area contributed by atoms with Crippen LogP contribution < -0.4 is 0 Å². The zero-order valence-electron chi connectivity index (χ0n) is 8.97. The first kappa shape index (κ1) is 10.3. The molecule has 0 atom stereocenters. The number of nitrogens with zero attached hydrogens (tertiary/aromatic N) is 2. The predicted octanol–water partition coefficient (Wildman–Crippen LogP) is 3.25. The molecule has 0 bridgehead atoms. The van der Waals surface area contributed by atoms with Gasteiger partial charge in [0.15, 0.2) is 0 Å². The molecule has 2 aromatic heterocycles. The predicted molar refractivity (Wildman–Crippen MR) is 63.2 cm³/mol. The molecule has 78 valence electrons. The molecule has 15 heavy (non-hydrogen) atoms. The Morgan fingerprint density at radius 2 is 2.20 bits per heavy atom. The maximum atomic E-state index is 4.58. The SMILES string of the molecule is CC(C)c1csc(Cc2ccccn2)n1. The normalized spacial score (nSPS) is 10.9. The summed E-state index contributed by atoms with van der Waals surface area (Å²) in [6, 6.07) is 5.99. The van der Waals surface area contributed by atoms with Crippen LogP contribution in [-0.4, -0.2) is 9.97 Å². The molecular weight excluding hydrogens is 204 g/mol. The average molecular weight is 218 g/mol. The van der Waals surface area contributed by atoms with E-state index in [0.717, 1.165) is 17.1 Å². The van der Waals surface area contributed by atoms with E-state index in [9.17, 15) is 0 Å². The minimum Gasteiger partial charge on any atom is -0.261 e. The minimum absolute atomic E-state index is 0.513. The summed E-state index contributed by atoms with van der Waals surface area (Å²) in [5.74, 6) is 0.513. The molecule has 2 aromatic rings. The van der Waals surface area contributed by atoms with Gasteiger partial charge in [-0.1, -0.05) is 19.9 Å². The maximum Gasteiger partial charge on any atom is 0.0988 e. The van der Waals surface area contributed by atoms with Gasteiger partial charge in [-0.25, -0.2) is 4.98 Å². The first-order valence-electron chi connectivity index (χ1n) is 5.10. The molecule has 0 N–H and O–H groups in total. The number of rotatable bonds is 3. The Kier molecular flexibility index (Phi) is 3.11. The summed E-state index contributed by atoms with van der Waals surface area (Å²) in [5, 5.41) is 3.29. The lowest BCUT2D eigenvalue weighted by Crippen LogP contribution is -1.92. The Morgan fingerprint density at radius 1 is 1.33 bits per heavy atom. The van der Waals surface area contributed by atoms with Crippen molar-refractivity contribution in [2.24, 2.45) is 0 Å². The van der Waals surface area contributed by atoms with Crippen LogP contribution in [0, 0.1) is 0 Å². The fourth-order valence-electron chi connectivity index (χ4n) is 1.33. The molecule has 0 aliphatic rings. The standard InChI is InChI=1S/C12H14N2S/c1-9(2)11-8-15-12(14-11)7-10-5-3-4-6-13-10/h3-6,8-9H,7H2,1-2H3. The Hall–Kier alpha value is -1.22. The van der Waals surface area contributed by atoms with Crippen molar-refractivity contribution in [1.29, 1.82) is 0 Å². The van der Waals surface area contributed by atoms with Crippen LogP contribution >= 0.6 is 11.3 Å². The van der Waals surface area contributed by atoms with Crippen molar-refractivity contribution in [2.45, 2.75) is 26.2 Å². The Balaban J connectivity index is 2.12. The van der Waals surface area contributed by atoms with Crippen molar-refractivity contribution in [3.63, 3.8) is 0 Å². The molecule has 0 aromatic carbocycles. The summed E-state index contributed by atoms with van der Waals surface area (Å²) < 4.78 is 0. The molecule has 2 rings (SSSR count). The second kappa shape index (κ2) is 4.53. The topological polar surface area (TPSA) is 25.8 Å². The molecule has 0 saturated heterocycles. The van der Waals surface area contributed by atoms with Crippen LogP contribution in [0.4, 0.5) is 0 Å². The monoisotopic (exact) mass is 218 g/mol. The second-order valence-corrected chi connectivity index (χ2v) is 4.76. The Morgan fingerprint density at radius 3 is 2.80 bits per heavy atom. The van der Waals surface area contributed by atoms with Crippen molar-refractivity contribution < 1.29 is 0 Å². The highest BCUT2D eigenvalue weighted by Crippen LogP contribution is 2.19. The van der Waals surface area contributed by atoms with E-state index in [1.165, 1.54) is 5.69 Å². The van der Waals surface area contributed by atoms with Crippen LogP contribution in [0.25, 0.3) is 0 Å². The van der Waals surface area contributed by atoms with Gasteiger partial charge in [0.25, 0.3) is 0 Å². The molecule has 0 aliphatic heterocycles. The van der Waals surface area contributed by atoms with Gasteiger partial charge < -0.3 is 0 Å². The van der Waals surface area contributed by atoms with Crippen LogP contribution in [-0.2, 0) is 6.42 Å². The van der Waals surface area contributed by atoms with E-state index in [1.54, 1.807) is 11.3 Å². The molecule has 2 heterocycles. The van der Waals surface area contributed by atoms with Crippen molar-refractivity contribution in [3.8, 4) is 0 Å². The molecule has 0 spiro atoms. The molecule has 3 heteroatoms. The van der Waals surface area contributed by atoms with Crippen molar-refractivity contribution in [3.05, 3.63) is 46.2 Å². The van der Waals surface area contributed by atoms with Gasteiger partial charge in [-0.05, 0) is 18.1 Å². The fraction of sp³-hybridized carbons (Fsp3) is 0.333. The molecule has 0 aliphatic carbocycles. The summed E-state index contributed by atoms with van der Waals surface area (Å²) in [7, 11) is 0. The first-order valence-corrected chi connectivity index (χ1v) is 5.98. The molecular formula is C12H14N2S. The average Bonchev–Trinajstić information content (AvgIpc) is 2.68. The summed E-state index contributed by atoms with van der Waals surface area (Å²) in [6.45, 7) is 4.33. The van der Waals surface area contributed by atoms with Gasteiger partial charge in [0.1, 0.15) is 0 Å². The van der Waals surface area contributed by atoms with Gasteiger partial charge in [-0.15, -0.1) is 11.3 Å². The third kappa shape index (κ3) is 2.63. The highest BCUT2D eigenvalue weighted by molar-refractivity contribution is 7.09. The first-order chi connectivity index (χ1) is 7.25. The van der Waals surface area contributed by atoms with E-state index in [-0.39, 0.29) is 0 Å². The largest absolute Gasteiger partial charge is 0.261 e. The van der Waals surface area contributed by atoms with Crippen LogP contribution in [0.3, 0.4) is 0 Å². The van der Waals surface area contributed by atoms with Gasteiger partial charge >= 0.3 is 0 Å². The van der Waals surface area contributed by atoms with Gasteiger partial charge in [-0.2, -0.15) is 0 Å². The molecule has 0 amide bonds. The van der Waals surface area contributed by atoms with Crippen molar-refractivity contribution >= 4 is 11.3 Å². The molecule has 0 fully saturated rings. The summed E-state index contributed by atoms with van der Waals surface area (Å²) in [6.07, 6.45) is 2.67. The number of aromatic nitrogens is 2. The van der Waals surface area contributed by atoms with E-state index >= 15 is 0 Å². The van der Waals surface area contributed by atoms with Gasteiger partial charge in [-0.3, -0.25) is 4.98 Å². The number of pyridine rings is 1. The van der Waals surface area contributed by atoms with Crippen molar-refractivity contribution in [1.82, 2.24) is 9.97 Å². The number of hydrogen-bond acceptors (Lipinski definition) is 3. The van der Waals surface area contributed by atoms with E-state index in [1.807, 2.05) is 24.4 Å². The summed E-state index contributed by atoms with van der Waals surface area (Å²) >= 11 is 1.72. The van der Waals surface area contributed by atoms with Crippen molar-refractivity contribution in [2.75, 3.05) is 0 Å². The Labute approximate surface area is 94.0 Å². The number of hydrogen-bond donors (Lipinski definition) is 0. The maximum absolute atomic E-state index is 4.58. The van der Waals surface area contributed by atoms with Crippen LogP contribution in [0.15, 0.2) is 29.8 Å². The van der Waals surface area contributed by atoms with Crippen LogP contribution in [0.2, 0.25) is 0 Å². The minimum atomic E-state index is 0.513. The lowest BCUT2D eigenvalue weighted by atomic mass is 10.2. The Bertz CT molecular complexity index is 420.